The van der Waals surface area contributed by atoms with Crippen LogP contribution in [0.15, 0.2) is 48.5 Å². The molecule has 0 heterocycles. The molecule has 2 aromatic carbocycles. The Morgan fingerprint density at radius 3 is 2.41 bits per heavy atom. The second-order valence-electron chi connectivity index (χ2n) is 4.51. The lowest BCUT2D eigenvalue weighted by molar-refractivity contribution is 0.909. The Balaban J connectivity index is 2.18. The van der Waals surface area contributed by atoms with Crippen molar-refractivity contribution in [3.63, 3.8) is 0 Å². The third-order valence-electron chi connectivity index (χ3n) is 3.07. The molecule has 0 radical (unpaired) electrons. The van der Waals surface area contributed by atoms with E-state index in [1.165, 1.54) is 22.3 Å². The van der Waals surface area contributed by atoms with Gasteiger partial charge in [0, 0.05) is 0 Å². The highest BCUT2D eigenvalue weighted by Crippen LogP contribution is 2.26. The number of halogens is 1. The van der Waals surface area contributed by atoms with E-state index in [9.17, 15) is 0 Å². The number of alkyl halides is 1. The van der Waals surface area contributed by atoms with Crippen molar-refractivity contribution in [1.29, 1.82) is 0 Å². The van der Waals surface area contributed by atoms with Gasteiger partial charge in [0.2, 0.25) is 0 Å². The predicted octanol–water partition coefficient (Wildman–Crippen LogP) is 4.83. The normalized spacial score (nSPS) is 12.4. The summed E-state index contributed by atoms with van der Waals surface area (Å²) in [6.07, 6.45) is 0.888. The summed E-state index contributed by atoms with van der Waals surface area (Å²) in [6.45, 7) is 4.26. The molecule has 0 saturated heterocycles. The summed E-state index contributed by atoms with van der Waals surface area (Å²) < 4.78 is 0. The van der Waals surface area contributed by atoms with Crippen LogP contribution in [0.1, 0.15) is 27.6 Å². The monoisotopic (exact) mass is 244 g/mol. The van der Waals surface area contributed by atoms with Crippen LogP contribution in [0.4, 0.5) is 0 Å². The molecule has 0 fully saturated rings. The van der Waals surface area contributed by atoms with Crippen LogP contribution < -0.4 is 0 Å². The molecule has 2 aromatic rings. The van der Waals surface area contributed by atoms with E-state index in [0.717, 1.165) is 6.42 Å². The van der Waals surface area contributed by atoms with Crippen molar-refractivity contribution >= 4 is 11.6 Å². The molecule has 0 spiro atoms. The van der Waals surface area contributed by atoms with E-state index < -0.39 is 0 Å². The van der Waals surface area contributed by atoms with Crippen molar-refractivity contribution in [2.24, 2.45) is 0 Å². The third kappa shape index (κ3) is 3.10. The summed E-state index contributed by atoms with van der Waals surface area (Å²) in [5.41, 5.74) is 5.14. The Hall–Kier alpha value is -1.27. The van der Waals surface area contributed by atoms with Crippen molar-refractivity contribution in [1.82, 2.24) is 0 Å². The van der Waals surface area contributed by atoms with Crippen LogP contribution >= 0.6 is 11.6 Å². The average Bonchev–Trinajstić information content (AvgIpc) is 2.35. The van der Waals surface area contributed by atoms with E-state index in [1.54, 1.807) is 0 Å². The molecule has 0 aliphatic heterocycles. The fourth-order valence-corrected chi connectivity index (χ4v) is 2.30. The minimum Gasteiger partial charge on any atom is -0.117 e. The maximum atomic E-state index is 6.47. The van der Waals surface area contributed by atoms with Gasteiger partial charge in [0.05, 0.1) is 5.38 Å². The Morgan fingerprint density at radius 1 is 1.00 bits per heavy atom. The van der Waals surface area contributed by atoms with Gasteiger partial charge in [-0.3, -0.25) is 0 Å². The topological polar surface area (TPSA) is 0 Å². The van der Waals surface area contributed by atoms with Crippen molar-refractivity contribution in [2.75, 3.05) is 0 Å². The molecule has 0 aromatic heterocycles. The van der Waals surface area contributed by atoms with Gasteiger partial charge in [-0.05, 0) is 37.0 Å². The molecule has 0 aliphatic rings. The molecule has 1 heteroatoms. The summed E-state index contributed by atoms with van der Waals surface area (Å²) in [7, 11) is 0. The van der Waals surface area contributed by atoms with Crippen molar-refractivity contribution in [3.8, 4) is 0 Å². The lowest BCUT2D eigenvalue weighted by atomic mass is 9.98. The van der Waals surface area contributed by atoms with E-state index in [2.05, 4.69) is 44.2 Å². The van der Waals surface area contributed by atoms with Crippen molar-refractivity contribution < 1.29 is 0 Å². The fourth-order valence-electron chi connectivity index (χ4n) is 1.99. The Morgan fingerprint density at radius 2 is 1.71 bits per heavy atom. The number of benzene rings is 2. The van der Waals surface area contributed by atoms with Crippen LogP contribution in [0.5, 0.6) is 0 Å². The summed E-state index contributed by atoms with van der Waals surface area (Å²) in [5, 5.41) is 0.0525. The van der Waals surface area contributed by atoms with E-state index in [4.69, 9.17) is 11.6 Å². The molecular formula is C16H17Cl. The minimum atomic E-state index is 0.0525. The highest BCUT2D eigenvalue weighted by atomic mass is 35.5. The zero-order valence-corrected chi connectivity index (χ0v) is 11.0. The molecule has 17 heavy (non-hydrogen) atoms. The molecule has 0 nitrogen and oxygen atoms in total. The quantitative estimate of drug-likeness (QED) is 0.679. The Kier molecular flexibility index (Phi) is 3.86. The molecule has 1 atom stereocenters. The highest BCUT2D eigenvalue weighted by molar-refractivity contribution is 6.20. The highest BCUT2D eigenvalue weighted by Gasteiger charge is 2.10. The zero-order chi connectivity index (χ0) is 12.3. The van der Waals surface area contributed by atoms with Gasteiger partial charge in [0.25, 0.3) is 0 Å². The first-order chi connectivity index (χ1) is 8.16. The molecular weight excluding hydrogens is 228 g/mol. The van der Waals surface area contributed by atoms with Crippen LogP contribution in [0.3, 0.4) is 0 Å². The van der Waals surface area contributed by atoms with Crippen molar-refractivity contribution in [2.45, 2.75) is 25.6 Å². The summed E-state index contributed by atoms with van der Waals surface area (Å²) >= 11 is 6.47. The average molecular weight is 245 g/mol. The van der Waals surface area contributed by atoms with E-state index in [0.29, 0.717) is 0 Å². The molecule has 1 unspecified atom stereocenters. The molecule has 0 saturated carbocycles. The number of hydrogen-bond acceptors (Lipinski definition) is 0. The summed E-state index contributed by atoms with van der Waals surface area (Å²) in [6, 6.07) is 16.8. The number of hydrogen-bond donors (Lipinski definition) is 0. The van der Waals surface area contributed by atoms with E-state index >= 15 is 0 Å². The van der Waals surface area contributed by atoms with Gasteiger partial charge >= 0.3 is 0 Å². The third-order valence-corrected chi connectivity index (χ3v) is 3.47. The second-order valence-corrected chi connectivity index (χ2v) is 5.04. The van der Waals surface area contributed by atoms with Gasteiger partial charge < -0.3 is 0 Å². The standard InChI is InChI=1S/C16H17Cl/c1-12-8-9-13(2)15(10-12)11-16(17)14-6-4-3-5-7-14/h3-10,16H,11H2,1-2H3. The Labute approximate surface area is 108 Å². The van der Waals surface area contributed by atoms with Crippen molar-refractivity contribution in [3.05, 3.63) is 70.8 Å². The largest absolute Gasteiger partial charge is 0.117 e. The van der Waals surface area contributed by atoms with Crippen LogP contribution in [0, 0.1) is 13.8 Å². The predicted molar refractivity (Wildman–Crippen MR) is 74.7 cm³/mol. The minimum absolute atomic E-state index is 0.0525. The molecule has 0 N–H and O–H groups in total. The first kappa shape index (κ1) is 12.2. The number of aryl methyl sites for hydroxylation is 2. The summed E-state index contributed by atoms with van der Waals surface area (Å²) in [4.78, 5) is 0. The van der Waals surface area contributed by atoms with E-state index in [1.807, 2.05) is 18.2 Å². The van der Waals surface area contributed by atoms with Crippen LogP contribution in [0.25, 0.3) is 0 Å². The van der Waals surface area contributed by atoms with Gasteiger partial charge in [0.1, 0.15) is 0 Å². The number of rotatable bonds is 3. The van der Waals surface area contributed by atoms with Gasteiger partial charge in [-0.1, -0.05) is 54.1 Å². The summed E-state index contributed by atoms with van der Waals surface area (Å²) in [5.74, 6) is 0. The first-order valence-electron chi connectivity index (χ1n) is 5.92. The zero-order valence-electron chi connectivity index (χ0n) is 10.3. The maximum Gasteiger partial charge on any atom is 0.0625 e. The van der Waals surface area contributed by atoms with Gasteiger partial charge in [0.15, 0.2) is 0 Å². The van der Waals surface area contributed by atoms with E-state index in [-0.39, 0.29) is 5.38 Å². The maximum absolute atomic E-state index is 6.47. The molecule has 88 valence electrons. The SMILES string of the molecule is Cc1ccc(C)c(CC(Cl)c2ccccc2)c1. The molecule has 0 bridgehead atoms. The fraction of sp³-hybridized carbons (Fsp3) is 0.250. The lowest BCUT2D eigenvalue weighted by Crippen LogP contribution is -1.98. The first-order valence-corrected chi connectivity index (χ1v) is 6.35. The van der Waals surface area contributed by atoms with Crippen LogP contribution in [-0.2, 0) is 6.42 Å². The van der Waals surface area contributed by atoms with Crippen LogP contribution in [-0.4, -0.2) is 0 Å². The Bertz CT molecular complexity index is 488. The van der Waals surface area contributed by atoms with Gasteiger partial charge in [-0.25, -0.2) is 0 Å². The van der Waals surface area contributed by atoms with Gasteiger partial charge in [-0.2, -0.15) is 0 Å². The van der Waals surface area contributed by atoms with Gasteiger partial charge in [-0.15, -0.1) is 11.6 Å². The van der Waals surface area contributed by atoms with Crippen LogP contribution in [0.2, 0.25) is 0 Å². The molecule has 0 aliphatic carbocycles. The molecule has 2 rings (SSSR count). The lowest BCUT2D eigenvalue weighted by Gasteiger charge is -2.12. The molecule has 0 amide bonds. The second kappa shape index (κ2) is 5.37. The smallest absolute Gasteiger partial charge is 0.0625 e.